The van der Waals surface area contributed by atoms with Crippen molar-refractivity contribution in [1.29, 1.82) is 0 Å². The summed E-state index contributed by atoms with van der Waals surface area (Å²) in [5, 5.41) is 0. The van der Waals surface area contributed by atoms with Gasteiger partial charge in [0, 0.05) is 6.04 Å². The van der Waals surface area contributed by atoms with Gasteiger partial charge in [-0.15, -0.1) is 0 Å². The zero-order chi connectivity index (χ0) is 9.42. The van der Waals surface area contributed by atoms with E-state index in [1.54, 1.807) is 0 Å². The van der Waals surface area contributed by atoms with Gasteiger partial charge < -0.3 is 4.90 Å². The minimum atomic E-state index is 0.925. The van der Waals surface area contributed by atoms with Gasteiger partial charge in [-0.3, -0.25) is 0 Å². The number of hydrogen-bond acceptors (Lipinski definition) is 1. The molecule has 0 aromatic heterocycles. The predicted molar refractivity (Wildman–Crippen MR) is 56.7 cm³/mol. The van der Waals surface area contributed by atoms with Gasteiger partial charge in [-0.2, -0.15) is 0 Å². The summed E-state index contributed by atoms with van der Waals surface area (Å²) in [6.45, 7) is 6.10. The summed E-state index contributed by atoms with van der Waals surface area (Å²) in [6.07, 6.45) is 5.80. The van der Waals surface area contributed by atoms with Crippen LogP contribution in [0.1, 0.15) is 39.5 Å². The Balaban J connectivity index is 1.91. The molecule has 0 radical (unpaired) electrons. The van der Waals surface area contributed by atoms with Crippen LogP contribution in [0, 0.1) is 17.8 Å². The van der Waals surface area contributed by atoms with Gasteiger partial charge in [0.2, 0.25) is 0 Å². The zero-order valence-corrected chi connectivity index (χ0v) is 9.29. The molecular formula is C12H23N. The Morgan fingerprint density at radius 2 is 2.00 bits per heavy atom. The molecule has 1 heteroatoms. The minimum Gasteiger partial charge on any atom is -0.303 e. The topological polar surface area (TPSA) is 3.24 Å². The van der Waals surface area contributed by atoms with Crippen LogP contribution in [-0.4, -0.2) is 24.5 Å². The van der Waals surface area contributed by atoms with Crippen molar-refractivity contribution in [2.45, 2.75) is 45.6 Å². The highest BCUT2D eigenvalue weighted by atomic mass is 15.1. The van der Waals surface area contributed by atoms with E-state index in [0.717, 1.165) is 23.8 Å². The quantitative estimate of drug-likeness (QED) is 0.633. The number of nitrogens with zero attached hydrogens (tertiary/aromatic N) is 1. The van der Waals surface area contributed by atoms with E-state index in [0.29, 0.717) is 0 Å². The Labute approximate surface area is 82.5 Å². The Bertz CT molecular complexity index is 176. The fourth-order valence-electron chi connectivity index (χ4n) is 2.95. The second kappa shape index (κ2) is 3.61. The van der Waals surface area contributed by atoms with Crippen LogP contribution >= 0.6 is 0 Å². The highest BCUT2D eigenvalue weighted by molar-refractivity contribution is 4.95. The maximum atomic E-state index is 2.61. The third-order valence-electron chi connectivity index (χ3n) is 4.27. The standard InChI is InChI=1S/C12H23N/c1-4-10-5-6-13(3)12(8-10)11-7-9(11)2/h9-12H,4-8H2,1-3H3. The largest absolute Gasteiger partial charge is 0.303 e. The molecule has 1 aliphatic heterocycles. The lowest BCUT2D eigenvalue weighted by Gasteiger charge is -2.37. The van der Waals surface area contributed by atoms with E-state index in [1.807, 2.05) is 0 Å². The van der Waals surface area contributed by atoms with Gasteiger partial charge in [0.15, 0.2) is 0 Å². The fraction of sp³-hybridized carbons (Fsp3) is 1.00. The van der Waals surface area contributed by atoms with Crippen LogP contribution in [0.3, 0.4) is 0 Å². The maximum Gasteiger partial charge on any atom is 0.0126 e. The van der Waals surface area contributed by atoms with E-state index in [1.165, 1.54) is 32.2 Å². The van der Waals surface area contributed by atoms with Crippen LogP contribution < -0.4 is 0 Å². The van der Waals surface area contributed by atoms with Crippen molar-refractivity contribution >= 4 is 0 Å². The Morgan fingerprint density at radius 3 is 2.54 bits per heavy atom. The van der Waals surface area contributed by atoms with Crippen LogP contribution in [0.5, 0.6) is 0 Å². The highest BCUT2D eigenvalue weighted by Gasteiger charge is 2.43. The van der Waals surface area contributed by atoms with Gasteiger partial charge in [0.05, 0.1) is 0 Å². The van der Waals surface area contributed by atoms with Gasteiger partial charge >= 0.3 is 0 Å². The van der Waals surface area contributed by atoms with E-state index in [2.05, 4.69) is 25.8 Å². The minimum absolute atomic E-state index is 0.925. The smallest absolute Gasteiger partial charge is 0.0126 e. The summed E-state index contributed by atoms with van der Waals surface area (Å²) in [4.78, 5) is 2.61. The second-order valence-corrected chi connectivity index (χ2v) is 5.22. The summed E-state index contributed by atoms with van der Waals surface area (Å²) in [5.41, 5.74) is 0. The van der Waals surface area contributed by atoms with Crippen molar-refractivity contribution in [2.24, 2.45) is 17.8 Å². The van der Waals surface area contributed by atoms with Gasteiger partial charge in [-0.1, -0.05) is 20.3 Å². The summed E-state index contributed by atoms with van der Waals surface area (Å²) >= 11 is 0. The van der Waals surface area contributed by atoms with Crippen LogP contribution in [0.4, 0.5) is 0 Å². The zero-order valence-electron chi connectivity index (χ0n) is 9.29. The van der Waals surface area contributed by atoms with Gasteiger partial charge in [0.1, 0.15) is 0 Å². The molecule has 2 rings (SSSR count). The van der Waals surface area contributed by atoms with E-state index in [-0.39, 0.29) is 0 Å². The van der Waals surface area contributed by atoms with Gasteiger partial charge in [-0.25, -0.2) is 0 Å². The first-order valence-corrected chi connectivity index (χ1v) is 5.92. The molecule has 2 aliphatic rings. The first-order valence-electron chi connectivity index (χ1n) is 5.92. The Hall–Kier alpha value is -0.0400. The lowest BCUT2D eigenvalue weighted by atomic mass is 9.87. The van der Waals surface area contributed by atoms with Crippen molar-refractivity contribution < 1.29 is 0 Å². The number of hydrogen-bond donors (Lipinski definition) is 0. The molecule has 13 heavy (non-hydrogen) atoms. The van der Waals surface area contributed by atoms with Crippen molar-refractivity contribution in [1.82, 2.24) is 4.90 Å². The Kier molecular flexibility index (Phi) is 2.64. The highest BCUT2D eigenvalue weighted by Crippen LogP contribution is 2.45. The third-order valence-corrected chi connectivity index (χ3v) is 4.27. The summed E-state index contributed by atoms with van der Waals surface area (Å²) in [6, 6.07) is 0.925. The molecule has 1 saturated carbocycles. The number of piperidine rings is 1. The predicted octanol–water partition coefficient (Wildman–Crippen LogP) is 2.76. The van der Waals surface area contributed by atoms with Crippen LogP contribution in [0.15, 0.2) is 0 Å². The van der Waals surface area contributed by atoms with Crippen LogP contribution in [0.2, 0.25) is 0 Å². The molecule has 1 aliphatic carbocycles. The molecule has 0 amide bonds. The van der Waals surface area contributed by atoms with Crippen molar-refractivity contribution in [3.05, 3.63) is 0 Å². The maximum absolute atomic E-state index is 2.61. The molecule has 76 valence electrons. The molecule has 0 bridgehead atoms. The average molecular weight is 181 g/mol. The number of likely N-dealkylation sites (tertiary alicyclic amines) is 1. The molecule has 0 aromatic carbocycles. The van der Waals surface area contributed by atoms with Crippen molar-refractivity contribution in [3.63, 3.8) is 0 Å². The normalized spacial score (nSPS) is 46.4. The van der Waals surface area contributed by atoms with E-state index >= 15 is 0 Å². The molecule has 4 atom stereocenters. The van der Waals surface area contributed by atoms with Crippen molar-refractivity contribution in [3.8, 4) is 0 Å². The van der Waals surface area contributed by atoms with Crippen LogP contribution in [-0.2, 0) is 0 Å². The fourth-order valence-corrected chi connectivity index (χ4v) is 2.95. The first-order chi connectivity index (χ1) is 6.22. The second-order valence-electron chi connectivity index (χ2n) is 5.22. The lowest BCUT2D eigenvalue weighted by molar-refractivity contribution is 0.119. The van der Waals surface area contributed by atoms with Crippen molar-refractivity contribution in [2.75, 3.05) is 13.6 Å². The third kappa shape index (κ3) is 1.90. The SMILES string of the molecule is CCC1CCN(C)C(C2CC2C)C1. The molecule has 1 saturated heterocycles. The summed E-state index contributed by atoms with van der Waals surface area (Å²) in [5.74, 6) is 3.08. The molecule has 0 spiro atoms. The molecule has 0 N–H and O–H groups in total. The molecule has 0 aromatic rings. The van der Waals surface area contributed by atoms with E-state index in [4.69, 9.17) is 0 Å². The van der Waals surface area contributed by atoms with E-state index < -0.39 is 0 Å². The molecule has 1 heterocycles. The molecular weight excluding hydrogens is 158 g/mol. The van der Waals surface area contributed by atoms with Crippen LogP contribution in [0.25, 0.3) is 0 Å². The average Bonchev–Trinajstić information content (AvgIpc) is 2.83. The summed E-state index contributed by atoms with van der Waals surface area (Å²) in [7, 11) is 2.32. The molecule has 1 nitrogen and oxygen atoms in total. The molecule has 4 unspecified atom stereocenters. The lowest BCUT2D eigenvalue weighted by Crippen LogP contribution is -2.41. The van der Waals surface area contributed by atoms with E-state index in [9.17, 15) is 0 Å². The first kappa shape index (κ1) is 9.51. The Morgan fingerprint density at radius 1 is 1.31 bits per heavy atom. The monoisotopic (exact) mass is 181 g/mol. The van der Waals surface area contributed by atoms with Gasteiger partial charge in [0.25, 0.3) is 0 Å². The van der Waals surface area contributed by atoms with Gasteiger partial charge in [-0.05, 0) is 50.6 Å². The number of rotatable bonds is 2. The summed E-state index contributed by atoms with van der Waals surface area (Å²) < 4.78 is 0. The molecule has 2 fully saturated rings.